The minimum Gasteiger partial charge on any atom is -0.478 e. The van der Waals surface area contributed by atoms with E-state index in [1.165, 1.54) is 18.2 Å². The van der Waals surface area contributed by atoms with Crippen LogP contribution in [0.3, 0.4) is 0 Å². The number of benzene rings is 2. The Balaban J connectivity index is 1.15. The van der Waals surface area contributed by atoms with Crippen molar-refractivity contribution in [3.63, 3.8) is 0 Å². The standard InChI is InChI=1S/C31H29F2N5O4/c1-41-12-11-38-25-15-21(30(39)40)14-24(33)28(25)36-29(38)22-16-31(22)7-9-37(10-8-31)26-3-2-4-27(35-26)42-18-20-6-5-19(17-34)13-23(20)32/h2-6,13-15,22H,7-12,16,18H2,1H3,(H,39,40). The largest absolute Gasteiger partial charge is 0.478 e. The van der Waals surface area contributed by atoms with Crippen molar-refractivity contribution >= 4 is 22.8 Å². The van der Waals surface area contributed by atoms with Gasteiger partial charge in [0.1, 0.15) is 29.6 Å². The summed E-state index contributed by atoms with van der Waals surface area (Å²) in [6.07, 6.45) is 2.73. The Bertz CT molecular complexity index is 1710. The fourth-order valence-electron chi connectivity index (χ4n) is 6.00. The molecular formula is C31H29F2N5O4. The number of ether oxygens (including phenoxy) is 2. The van der Waals surface area contributed by atoms with Crippen LogP contribution < -0.4 is 9.64 Å². The van der Waals surface area contributed by atoms with Crippen molar-refractivity contribution < 1.29 is 28.2 Å². The zero-order valence-electron chi connectivity index (χ0n) is 23.0. The van der Waals surface area contributed by atoms with Crippen LogP contribution in [0, 0.1) is 28.4 Å². The molecule has 1 saturated carbocycles. The number of aromatic carboxylic acids is 1. The third kappa shape index (κ3) is 5.14. The summed E-state index contributed by atoms with van der Waals surface area (Å²) < 4.78 is 42.1. The van der Waals surface area contributed by atoms with Gasteiger partial charge in [-0.15, -0.1) is 0 Å². The van der Waals surface area contributed by atoms with E-state index in [2.05, 4.69) is 14.9 Å². The topological polar surface area (TPSA) is 114 Å². The molecular weight excluding hydrogens is 544 g/mol. The highest BCUT2D eigenvalue weighted by Gasteiger charge is 2.57. The lowest BCUT2D eigenvalue weighted by Gasteiger charge is -2.34. The van der Waals surface area contributed by atoms with Crippen molar-refractivity contribution in [2.75, 3.05) is 31.7 Å². The number of fused-ring (bicyclic) bond motifs is 1. The molecule has 1 unspecified atom stereocenters. The van der Waals surface area contributed by atoms with E-state index in [9.17, 15) is 18.7 Å². The van der Waals surface area contributed by atoms with Gasteiger partial charge in [-0.1, -0.05) is 12.1 Å². The molecule has 0 bridgehead atoms. The first kappa shape index (κ1) is 27.6. The van der Waals surface area contributed by atoms with Crippen molar-refractivity contribution in [3.05, 3.63) is 82.7 Å². The summed E-state index contributed by atoms with van der Waals surface area (Å²) in [6.45, 7) is 2.39. The Morgan fingerprint density at radius 1 is 1.14 bits per heavy atom. The minimum atomic E-state index is -1.18. The third-order valence-corrected chi connectivity index (χ3v) is 8.45. The number of anilines is 1. The van der Waals surface area contributed by atoms with E-state index in [1.54, 1.807) is 19.2 Å². The Labute approximate surface area is 240 Å². The molecule has 2 aromatic carbocycles. The van der Waals surface area contributed by atoms with E-state index in [-0.39, 0.29) is 34.6 Å². The smallest absolute Gasteiger partial charge is 0.335 e. The predicted octanol–water partition coefficient (Wildman–Crippen LogP) is 5.28. The van der Waals surface area contributed by atoms with Gasteiger partial charge in [0, 0.05) is 44.3 Å². The van der Waals surface area contributed by atoms with Gasteiger partial charge >= 0.3 is 5.97 Å². The second-order valence-electron chi connectivity index (χ2n) is 10.9. The Hall–Kier alpha value is -4.56. The maximum absolute atomic E-state index is 14.9. The maximum atomic E-state index is 14.9. The first-order valence-corrected chi connectivity index (χ1v) is 13.8. The third-order valence-electron chi connectivity index (χ3n) is 8.45. The van der Waals surface area contributed by atoms with Crippen molar-refractivity contribution in [2.45, 2.75) is 38.3 Å². The highest BCUT2D eigenvalue weighted by molar-refractivity contribution is 5.92. The molecule has 11 heteroatoms. The van der Waals surface area contributed by atoms with Gasteiger partial charge < -0.3 is 24.0 Å². The summed E-state index contributed by atoms with van der Waals surface area (Å²) in [7, 11) is 1.59. The fraction of sp³-hybridized carbons (Fsp3) is 0.355. The molecule has 1 N–H and O–H groups in total. The minimum absolute atomic E-state index is 0.00257. The normalized spacial score (nSPS) is 17.4. The number of nitrogens with zero attached hydrogens (tertiary/aromatic N) is 5. The number of methoxy groups -OCH3 is 1. The number of halogens is 2. The second-order valence-corrected chi connectivity index (χ2v) is 10.9. The van der Waals surface area contributed by atoms with Crippen molar-refractivity contribution in [3.8, 4) is 11.9 Å². The van der Waals surface area contributed by atoms with Crippen LogP contribution in [0.4, 0.5) is 14.6 Å². The number of carboxylic acids is 1. The summed E-state index contributed by atoms with van der Waals surface area (Å²) in [4.78, 5) is 23.1. The molecule has 0 amide bonds. The molecule has 4 aromatic rings. The van der Waals surface area contributed by atoms with Crippen molar-refractivity contribution in [1.82, 2.24) is 14.5 Å². The van der Waals surface area contributed by atoms with Crippen LogP contribution in [0.1, 0.15) is 52.5 Å². The van der Waals surface area contributed by atoms with Crippen LogP contribution in [0.25, 0.3) is 11.0 Å². The van der Waals surface area contributed by atoms with E-state index in [1.807, 2.05) is 22.8 Å². The van der Waals surface area contributed by atoms with Crippen LogP contribution in [0.5, 0.6) is 5.88 Å². The molecule has 216 valence electrons. The van der Waals surface area contributed by atoms with Gasteiger partial charge in [-0.05, 0) is 55.0 Å². The highest BCUT2D eigenvalue weighted by Crippen LogP contribution is 2.65. The highest BCUT2D eigenvalue weighted by atomic mass is 19.1. The van der Waals surface area contributed by atoms with Crippen LogP contribution in [-0.2, 0) is 17.9 Å². The molecule has 1 atom stereocenters. The molecule has 9 nitrogen and oxygen atoms in total. The molecule has 6 rings (SSSR count). The summed E-state index contributed by atoms with van der Waals surface area (Å²) in [6, 6.07) is 14.2. The molecule has 1 aliphatic heterocycles. The first-order valence-electron chi connectivity index (χ1n) is 13.8. The number of piperidine rings is 1. The number of imidazole rings is 1. The zero-order chi connectivity index (χ0) is 29.4. The lowest BCUT2D eigenvalue weighted by Crippen LogP contribution is -2.35. The van der Waals surface area contributed by atoms with Crippen LogP contribution in [0.15, 0.2) is 48.5 Å². The molecule has 2 aromatic heterocycles. The molecule has 3 heterocycles. The Kier molecular flexibility index (Phi) is 7.24. The number of aromatic nitrogens is 3. The van der Waals surface area contributed by atoms with Gasteiger partial charge in [-0.25, -0.2) is 18.6 Å². The van der Waals surface area contributed by atoms with Crippen molar-refractivity contribution in [2.24, 2.45) is 5.41 Å². The molecule has 0 radical (unpaired) electrons. The molecule has 2 aliphatic rings. The average molecular weight is 574 g/mol. The monoisotopic (exact) mass is 573 g/mol. The number of nitriles is 1. The SMILES string of the molecule is COCCn1c(C2CC23CCN(c2cccc(OCc4ccc(C#N)cc4F)n2)CC3)nc2c(F)cc(C(=O)O)cc21. The number of hydrogen-bond acceptors (Lipinski definition) is 7. The molecule has 1 spiro atoms. The van der Waals surface area contributed by atoms with Crippen LogP contribution >= 0.6 is 0 Å². The lowest BCUT2D eigenvalue weighted by atomic mass is 9.90. The fourth-order valence-corrected chi connectivity index (χ4v) is 6.00. The van der Waals surface area contributed by atoms with E-state index in [0.717, 1.165) is 50.1 Å². The van der Waals surface area contributed by atoms with Gasteiger partial charge in [-0.3, -0.25) is 0 Å². The second kappa shape index (κ2) is 11.0. The van der Waals surface area contributed by atoms with Crippen LogP contribution in [0.2, 0.25) is 0 Å². The van der Waals surface area contributed by atoms with Gasteiger partial charge in [0.05, 0.1) is 29.3 Å². The maximum Gasteiger partial charge on any atom is 0.335 e. The van der Waals surface area contributed by atoms with E-state index >= 15 is 0 Å². The predicted molar refractivity (Wildman–Crippen MR) is 149 cm³/mol. The number of carboxylic acid groups (broad SMARTS) is 1. The molecule has 42 heavy (non-hydrogen) atoms. The zero-order valence-corrected chi connectivity index (χ0v) is 23.0. The van der Waals surface area contributed by atoms with Crippen molar-refractivity contribution in [1.29, 1.82) is 5.26 Å². The van der Waals surface area contributed by atoms with E-state index < -0.39 is 17.6 Å². The number of hydrogen-bond donors (Lipinski definition) is 1. The van der Waals surface area contributed by atoms with E-state index in [4.69, 9.17) is 14.7 Å². The molecule has 1 saturated heterocycles. The van der Waals surface area contributed by atoms with Gasteiger partial charge in [-0.2, -0.15) is 10.2 Å². The number of pyridine rings is 1. The van der Waals surface area contributed by atoms with Crippen LogP contribution in [-0.4, -0.2) is 52.4 Å². The summed E-state index contributed by atoms with van der Waals surface area (Å²) >= 11 is 0. The molecule has 2 fully saturated rings. The molecule has 1 aliphatic carbocycles. The quantitative estimate of drug-likeness (QED) is 0.288. The Morgan fingerprint density at radius 2 is 1.95 bits per heavy atom. The Morgan fingerprint density at radius 3 is 2.67 bits per heavy atom. The average Bonchev–Trinajstić information content (AvgIpc) is 3.55. The summed E-state index contributed by atoms with van der Waals surface area (Å²) in [5.74, 6) is -0.238. The lowest BCUT2D eigenvalue weighted by molar-refractivity contribution is 0.0696. The summed E-state index contributed by atoms with van der Waals surface area (Å²) in [5.41, 5.74) is 1.19. The summed E-state index contributed by atoms with van der Waals surface area (Å²) in [5, 5.41) is 18.4. The van der Waals surface area contributed by atoms with Gasteiger partial charge in [0.2, 0.25) is 5.88 Å². The van der Waals surface area contributed by atoms with Gasteiger partial charge in [0.15, 0.2) is 5.82 Å². The van der Waals surface area contributed by atoms with E-state index in [0.29, 0.717) is 30.1 Å². The number of rotatable bonds is 9. The number of carbonyl (C=O) groups is 1. The van der Waals surface area contributed by atoms with Gasteiger partial charge in [0.25, 0.3) is 0 Å². The first-order chi connectivity index (χ1) is 20.3.